The molecular weight excluding hydrogens is 328 g/mol. The summed E-state index contributed by atoms with van der Waals surface area (Å²) in [6, 6.07) is 0. The van der Waals surface area contributed by atoms with Crippen LogP contribution in [0, 0.1) is 29.6 Å². The van der Waals surface area contributed by atoms with E-state index in [9.17, 15) is 9.59 Å². The van der Waals surface area contributed by atoms with E-state index in [1.54, 1.807) is 0 Å². The molecule has 0 aliphatic heterocycles. The minimum atomic E-state index is 0.0303. The molecule has 2 fully saturated rings. The van der Waals surface area contributed by atoms with Gasteiger partial charge in [0.05, 0.1) is 0 Å². The summed E-state index contributed by atoms with van der Waals surface area (Å²) in [5.41, 5.74) is 0. The summed E-state index contributed by atoms with van der Waals surface area (Å²) in [6.45, 7) is 0. The normalized spacial score (nSPS) is 33.2. The quantitative estimate of drug-likeness (QED) is 0.303. The molecule has 0 aromatic rings. The first-order chi connectivity index (χ1) is 12.2. The first-order valence-electron chi connectivity index (χ1n) is 10.6. The lowest BCUT2D eigenvalue weighted by Gasteiger charge is -2.34. The minimum Gasteiger partial charge on any atom is -0.299 e. The summed E-state index contributed by atoms with van der Waals surface area (Å²) in [5.74, 6) is 2.68. The Balaban J connectivity index is 1.30. The van der Waals surface area contributed by atoms with Crippen molar-refractivity contribution in [3.8, 4) is 0 Å². The predicted octanol–water partition coefficient (Wildman–Crippen LogP) is 5.41. The standard InChI is InChI=1S/C22H34O2S/c23-19-15-18(10-8-6-4-2-1-3-5-7-9-13-25)22(24)21-17-12-11-16(14-17)20(19)21/h11-12,16-18,20-21,25H,1-10,13-15H2. The van der Waals surface area contributed by atoms with Gasteiger partial charge in [-0.15, -0.1) is 0 Å². The van der Waals surface area contributed by atoms with Gasteiger partial charge in [-0.1, -0.05) is 63.5 Å². The fraction of sp³-hybridized carbons (Fsp3) is 0.818. The van der Waals surface area contributed by atoms with Gasteiger partial charge in [-0.25, -0.2) is 0 Å². The van der Waals surface area contributed by atoms with Crippen molar-refractivity contribution in [2.75, 3.05) is 5.75 Å². The van der Waals surface area contributed by atoms with Gasteiger partial charge in [-0.05, 0) is 36.9 Å². The van der Waals surface area contributed by atoms with E-state index in [0.717, 1.165) is 25.0 Å². The first-order valence-corrected chi connectivity index (χ1v) is 11.2. The molecule has 0 radical (unpaired) electrons. The molecule has 5 atom stereocenters. The summed E-state index contributed by atoms with van der Waals surface area (Å²) < 4.78 is 0. The SMILES string of the molecule is O=C1CC(CCCCCCCCCCCS)C(=O)C2C3C=CC(C3)C12. The van der Waals surface area contributed by atoms with Gasteiger partial charge in [-0.3, -0.25) is 9.59 Å². The molecule has 0 N–H and O–H groups in total. The van der Waals surface area contributed by atoms with Crippen LogP contribution in [-0.2, 0) is 9.59 Å². The Morgan fingerprint density at radius 3 is 2.00 bits per heavy atom. The lowest BCUT2D eigenvalue weighted by Crippen LogP contribution is -2.43. The molecule has 5 unspecified atom stereocenters. The monoisotopic (exact) mass is 362 g/mol. The summed E-state index contributed by atoms with van der Waals surface area (Å²) >= 11 is 4.24. The van der Waals surface area contributed by atoms with Gasteiger partial charge in [-0.2, -0.15) is 12.6 Å². The van der Waals surface area contributed by atoms with Crippen molar-refractivity contribution >= 4 is 24.2 Å². The Kier molecular flexibility index (Phi) is 7.21. The number of hydrogen-bond donors (Lipinski definition) is 1. The van der Waals surface area contributed by atoms with Gasteiger partial charge in [0.15, 0.2) is 0 Å². The largest absolute Gasteiger partial charge is 0.299 e. The number of hydrogen-bond acceptors (Lipinski definition) is 3. The Labute approximate surface area is 158 Å². The van der Waals surface area contributed by atoms with Crippen LogP contribution >= 0.6 is 12.6 Å². The second-order valence-corrected chi connectivity index (χ2v) is 8.91. The van der Waals surface area contributed by atoms with Crippen molar-refractivity contribution in [3.05, 3.63) is 12.2 Å². The number of carbonyl (C=O) groups excluding carboxylic acids is 2. The molecule has 140 valence electrons. The third kappa shape index (κ3) is 4.59. The fourth-order valence-corrected chi connectivity index (χ4v) is 5.61. The molecule has 3 rings (SSSR count). The summed E-state index contributed by atoms with van der Waals surface area (Å²) in [7, 11) is 0. The molecule has 3 aliphatic rings. The molecule has 3 heteroatoms. The number of unbranched alkanes of at least 4 members (excludes halogenated alkanes) is 8. The Morgan fingerprint density at radius 1 is 0.800 bits per heavy atom. The first kappa shape index (κ1) is 19.2. The third-order valence-corrected chi connectivity index (χ3v) is 7.04. The van der Waals surface area contributed by atoms with Crippen LogP contribution in [0.25, 0.3) is 0 Å². The molecule has 0 spiro atoms. The van der Waals surface area contributed by atoms with Crippen molar-refractivity contribution in [2.45, 2.75) is 77.0 Å². The van der Waals surface area contributed by atoms with Crippen LogP contribution < -0.4 is 0 Å². The Hall–Kier alpha value is -0.570. The van der Waals surface area contributed by atoms with Crippen molar-refractivity contribution in [1.82, 2.24) is 0 Å². The van der Waals surface area contributed by atoms with E-state index in [1.165, 1.54) is 51.4 Å². The smallest absolute Gasteiger partial charge is 0.140 e. The van der Waals surface area contributed by atoms with E-state index in [2.05, 4.69) is 24.8 Å². The highest BCUT2D eigenvalue weighted by molar-refractivity contribution is 7.80. The van der Waals surface area contributed by atoms with Gasteiger partial charge in [0, 0.05) is 24.2 Å². The van der Waals surface area contributed by atoms with Crippen LogP contribution in [0.1, 0.15) is 77.0 Å². The number of ketones is 2. The molecule has 3 aliphatic carbocycles. The fourth-order valence-electron chi connectivity index (χ4n) is 5.39. The molecule has 2 bridgehead atoms. The van der Waals surface area contributed by atoms with Crippen molar-refractivity contribution in [3.63, 3.8) is 0 Å². The van der Waals surface area contributed by atoms with E-state index >= 15 is 0 Å². The van der Waals surface area contributed by atoms with Crippen LogP contribution in [0.15, 0.2) is 12.2 Å². The average molecular weight is 363 g/mol. The van der Waals surface area contributed by atoms with Gasteiger partial charge in [0.2, 0.25) is 0 Å². The number of thiol groups is 1. The van der Waals surface area contributed by atoms with E-state index in [1.807, 2.05) is 0 Å². The van der Waals surface area contributed by atoms with E-state index in [-0.39, 0.29) is 17.8 Å². The highest BCUT2D eigenvalue weighted by Crippen LogP contribution is 2.52. The second kappa shape index (κ2) is 9.39. The summed E-state index contributed by atoms with van der Waals surface area (Å²) in [6.07, 6.45) is 18.4. The Morgan fingerprint density at radius 2 is 1.36 bits per heavy atom. The maximum absolute atomic E-state index is 12.8. The number of Topliss-reactive ketones (excluding diaryl/α,β-unsaturated/α-hetero) is 2. The lowest BCUT2D eigenvalue weighted by atomic mass is 9.67. The zero-order chi connectivity index (χ0) is 17.6. The number of carbonyl (C=O) groups is 2. The predicted molar refractivity (Wildman–Crippen MR) is 106 cm³/mol. The lowest BCUT2D eigenvalue weighted by molar-refractivity contribution is -0.142. The zero-order valence-electron chi connectivity index (χ0n) is 15.5. The number of fused-ring (bicyclic) bond motifs is 5. The van der Waals surface area contributed by atoms with Crippen LogP contribution in [0.5, 0.6) is 0 Å². The molecule has 2 saturated carbocycles. The molecule has 0 aromatic heterocycles. The summed E-state index contributed by atoms with van der Waals surface area (Å²) in [4.78, 5) is 25.4. The molecule has 0 aromatic carbocycles. The molecule has 25 heavy (non-hydrogen) atoms. The maximum Gasteiger partial charge on any atom is 0.140 e. The number of allylic oxidation sites excluding steroid dienone is 2. The number of rotatable bonds is 11. The molecule has 0 amide bonds. The van der Waals surface area contributed by atoms with Gasteiger partial charge >= 0.3 is 0 Å². The van der Waals surface area contributed by atoms with Crippen LogP contribution in [0.4, 0.5) is 0 Å². The molecule has 2 nitrogen and oxygen atoms in total. The van der Waals surface area contributed by atoms with E-state index in [4.69, 9.17) is 0 Å². The highest BCUT2D eigenvalue weighted by atomic mass is 32.1. The Bertz CT molecular complexity index is 498. The van der Waals surface area contributed by atoms with Crippen LogP contribution in [0.2, 0.25) is 0 Å². The third-order valence-electron chi connectivity index (χ3n) is 6.72. The van der Waals surface area contributed by atoms with Gasteiger partial charge in [0.1, 0.15) is 11.6 Å². The average Bonchev–Trinajstić information content (AvgIpc) is 3.22. The van der Waals surface area contributed by atoms with Gasteiger partial charge in [0.25, 0.3) is 0 Å². The maximum atomic E-state index is 12.8. The van der Waals surface area contributed by atoms with Crippen molar-refractivity contribution in [1.29, 1.82) is 0 Å². The molecule has 0 saturated heterocycles. The van der Waals surface area contributed by atoms with Crippen LogP contribution in [0.3, 0.4) is 0 Å². The topological polar surface area (TPSA) is 34.1 Å². The van der Waals surface area contributed by atoms with E-state index < -0.39 is 0 Å². The second-order valence-electron chi connectivity index (χ2n) is 8.46. The van der Waals surface area contributed by atoms with Crippen molar-refractivity contribution in [2.24, 2.45) is 29.6 Å². The van der Waals surface area contributed by atoms with Crippen molar-refractivity contribution < 1.29 is 9.59 Å². The minimum absolute atomic E-state index is 0.0303. The highest BCUT2D eigenvalue weighted by Gasteiger charge is 2.55. The zero-order valence-corrected chi connectivity index (χ0v) is 16.4. The van der Waals surface area contributed by atoms with E-state index in [0.29, 0.717) is 29.8 Å². The summed E-state index contributed by atoms with van der Waals surface area (Å²) in [5, 5.41) is 0. The van der Waals surface area contributed by atoms with Crippen LogP contribution in [-0.4, -0.2) is 17.3 Å². The van der Waals surface area contributed by atoms with Gasteiger partial charge < -0.3 is 0 Å². The molecular formula is C22H34O2S. The molecule has 0 heterocycles.